The molecule has 4 nitrogen and oxygen atoms in total. The lowest BCUT2D eigenvalue weighted by atomic mass is 10.1. The van der Waals surface area contributed by atoms with Crippen molar-refractivity contribution in [2.75, 3.05) is 19.0 Å². The SMILES string of the molecule is COc1cccc([C@@H](C)NC(=O)CNc2ccccc2)c1. The van der Waals surface area contributed by atoms with Crippen LogP contribution in [0.1, 0.15) is 18.5 Å². The molecule has 2 aromatic carbocycles. The topological polar surface area (TPSA) is 50.4 Å². The van der Waals surface area contributed by atoms with Gasteiger partial charge in [0.2, 0.25) is 5.91 Å². The van der Waals surface area contributed by atoms with Crippen LogP contribution in [0.2, 0.25) is 0 Å². The van der Waals surface area contributed by atoms with Crippen molar-refractivity contribution in [1.29, 1.82) is 0 Å². The van der Waals surface area contributed by atoms with Gasteiger partial charge in [0.25, 0.3) is 0 Å². The van der Waals surface area contributed by atoms with Gasteiger partial charge in [-0.25, -0.2) is 0 Å². The molecule has 2 N–H and O–H groups in total. The van der Waals surface area contributed by atoms with Crippen LogP contribution in [-0.2, 0) is 4.79 Å². The van der Waals surface area contributed by atoms with Crippen LogP contribution in [0.25, 0.3) is 0 Å². The van der Waals surface area contributed by atoms with Crippen molar-refractivity contribution in [2.24, 2.45) is 0 Å². The minimum absolute atomic E-state index is 0.0471. The van der Waals surface area contributed by atoms with Gasteiger partial charge in [-0.2, -0.15) is 0 Å². The summed E-state index contributed by atoms with van der Waals surface area (Å²) in [7, 11) is 1.63. The fourth-order valence-electron chi connectivity index (χ4n) is 2.03. The molecule has 2 rings (SSSR count). The Morgan fingerprint density at radius 1 is 1.14 bits per heavy atom. The third kappa shape index (κ3) is 4.53. The van der Waals surface area contributed by atoms with Crippen LogP contribution in [-0.4, -0.2) is 19.6 Å². The molecule has 4 heteroatoms. The van der Waals surface area contributed by atoms with E-state index in [1.165, 1.54) is 0 Å². The van der Waals surface area contributed by atoms with Crippen molar-refractivity contribution in [3.63, 3.8) is 0 Å². The van der Waals surface area contributed by atoms with Crippen LogP contribution < -0.4 is 15.4 Å². The van der Waals surface area contributed by atoms with Crippen LogP contribution in [0.5, 0.6) is 5.75 Å². The van der Waals surface area contributed by atoms with Crippen molar-refractivity contribution >= 4 is 11.6 Å². The van der Waals surface area contributed by atoms with Gasteiger partial charge in [-0.3, -0.25) is 4.79 Å². The number of benzene rings is 2. The molecule has 0 aromatic heterocycles. The molecule has 0 fully saturated rings. The highest BCUT2D eigenvalue weighted by molar-refractivity contribution is 5.81. The molecule has 0 saturated carbocycles. The maximum Gasteiger partial charge on any atom is 0.239 e. The van der Waals surface area contributed by atoms with E-state index in [4.69, 9.17) is 4.74 Å². The summed E-state index contributed by atoms with van der Waals surface area (Å²) in [5.41, 5.74) is 1.95. The van der Waals surface area contributed by atoms with E-state index in [1.54, 1.807) is 7.11 Å². The summed E-state index contributed by atoms with van der Waals surface area (Å²) in [5.74, 6) is 0.741. The lowest BCUT2D eigenvalue weighted by molar-refractivity contribution is -0.120. The molecule has 0 spiro atoms. The van der Waals surface area contributed by atoms with Gasteiger partial charge in [0, 0.05) is 5.69 Å². The van der Waals surface area contributed by atoms with E-state index in [0.717, 1.165) is 17.0 Å². The number of hydrogen-bond acceptors (Lipinski definition) is 3. The highest BCUT2D eigenvalue weighted by atomic mass is 16.5. The van der Waals surface area contributed by atoms with Gasteiger partial charge < -0.3 is 15.4 Å². The van der Waals surface area contributed by atoms with Gasteiger partial charge in [0.15, 0.2) is 0 Å². The molecule has 0 bridgehead atoms. The molecule has 0 radical (unpaired) electrons. The van der Waals surface area contributed by atoms with E-state index in [2.05, 4.69) is 10.6 Å². The Balaban J connectivity index is 1.87. The highest BCUT2D eigenvalue weighted by Gasteiger charge is 2.10. The van der Waals surface area contributed by atoms with Crippen molar-refractivity contribution in [3.05, 3.63) is 60.2 Å². The normalized spacial score (nSPS) is 11.5. The van der Waals surface area contributed by atoms with Gasteiger partial charge in [-0.05, 0) is 36.8 Å². The van der Waals surface area contributed by atoms with E-state index in [1.807, 2.05) is 61.5 Å². The first-order chi connectivity index (χ1) is 10.2. The van der Waals surface area contributed by atoms with Crippen LogP contribution in [0.15, 0.2) is 54.6 Å². The molecule has 0 heterocycles. The minimum Gasteiger partial charge on any atom is -0.497 e. The smallest absolute Gasteiger partial charge is 0.239 e. The van der Waals surface area contributed by atoms with Gasteiger partial charge in [-0.1, -0.05) is 30.3 Å². The zero-order valence-electron chi connectivity index (χ0n) is 12.3. The number of anilines is 1. The van der Waals surface area contributed by atoms with E-state index in [9.17, 15) is 4.79 Å². The summed E-state index contributed by atoms with van der Waals surface area (Å²) in [5, 5.41) is 6.05. The average molecular weight is 284 g/mol. The molecular weight excluding hydrogens is 264 g/mol. The summed E-state index contributed by atoms with van der Waals surface area (Å²) >= 11 is 0. The summed E-state index contributed by atoms with van der Waals surface area (Å²) in [4.78, 5) is 11.9. The third-order valence-electron chi connectivity index (χ3n) is 3.20. The van der Waals surface area contributed by atoms with Crippen molar-refractivity contribution in [1.82, 2.24) is 5.32 Å². The van der Waals surface area contributed by atoms with Crippen molar-refractivity contribution < 1.29 is 9.53 Å². The summed E-state index contributed by atoms with van der Waals surface area (Å²) in [6, 6.07) is 17.3. The Kier molecular flexibility index (Phi) is 5.21. The summed E-state index contributed by atoms with van der Waals surface area (Å²) in [6.45, 7) is 2.20. The second kappa shape index (κ2) is 7.33. The van der Waals surface area contributed by atoms with Crippen LogP contribution in [0.4, 0.5) is 5.69 Å². The Morgan fingerprint density at radius 3 is 2.62 bits per heavy atom. The molecule has 2 aromatic rings. The van der Waals surface area contributed by atoms with Gasteiger partial charge >= 0.3 is 0 Å². The lowest BCUT2D eigenvalue weighted by Gasteiger charge is -2.15. The predicted molar refractivity (Wildman–Crippen MR) is 84.5 cm³/mol. The highest BCUT2D eigenvalue weighted by Crippen LogP contribution is 2.18. The summed E-state index contributed by atoms with van der Waals surface area (Å²) in [6.07, 6.45) is 0. The fraction of sp³-hybridized carbons (Fsp3) is 0.235. The van der Waals surface area contributed by atoms with Crippen LogP contribution in [0.3, 0.4) is 0 Å². The molecule has 110 valence electrons. The molecule has 0 aliphatic rings. The molecule has 21 heavy (non-hydrogen) atoms. The van der Waals surface area contributed by atoms with Crippen LogP contribution in [0, 0.1) is 0 Å². The van der Waals surface area contributed by atoms with Gasteiger partial charge in [-0.15, -0.1) is 0 Å². The number of rotatable bonds is 6. The second-order valence-electron chi connectivity index (χ2n) is 4.79. The predicted octanol–water partition coefficient (Wildman–Crippen LogP) is 2.98. The molecule has 0 unspecified atom stereocenters. The standard InChI is InChI=1S/C17H20N2O2/c1-13(14-7-6-10-16(11-14)21-2)19-17(20)12-18-15-8-4-3-5-9-15/h3-11,13,18H,12H2,1-2H3,(H,19,20)/t13-/m1/s1. The number of ether oxygens (including phenoxy) is 1. The zero-order valence-corrected chi connectivity index (χ0v) is 12.3. The first kappa shape index (κ1) is 14.9. The third-order valence-corrected chi connectivity index (χ3v) is 3.20. The fourth-order valence-corrected chi connectivity index (χ4v) is 2.03. The number of carbonyl (C=O) groups excluding carboxylic acids is 1. The summed E-state index contributed by atoms with van der Waals surface area (Å²) < 4.78 is 5.19. The van der Waals surface area contributed by atoms with E-state index >= 15 is 0 Å². The molecule has 0 saturated heterocycles. The molecule has 0 aliphatic heterocycles. The van der Waals surface area contributed by atoms with Crippen LogP contribution >= 0.6 is 0 Å². The molecular formula is C17H20N2O2. The van der Waals surface area contributed by atoms with E-state index in [-0.39, 0.29) is 18.5 Å². The van der Waals surface area contributed by atoms with E-state index in [0.29, 0.717) is 0 Å². The zero-order chi connectivity index (χ0) is 15.1. The number of methoxy groups -OCH3 is 1. The first-order valence-electron chi connectivity index (χ1n) is 6.91. The number of amides is 1. The minimum atomic E-state index is -0.0647. The number of para-hydroxylation sites is 1. The maximum absolute atomic E-state index is 11.9. The number of nitrogens with one attached hydrogen (secondary N) is 2. The Morgan fingerprint density at radius 2 is 1.90 bits per heavy atom. The first-order valence-corrected chi connectivity index (χ1v) is 6.91. The maximum atomic E-state index is 11.9. The van der Waals surface area contributed by atoms with Gasteiger partial charge in [0.05, 0.1) is 19.7 Å². The number of carbonyl (C=O) groups is 1. The largest absolute Gasteiger partial charge is 0.497 e. The van der Waals surface area contributed by atoms with Crippen molar-refractivity contribution in [3.8, 4) is 5.75 Å². The molecule has 0 aliphatic carbocycles. The average Bonchev–Trinajstić information content (AvgIpc) is 2.54. The molecule has 1 atom stereocenters. The van der Waals surface area contributed by atoms with E-state index < -0.39 is 0 Å². The monoisotopic (exact) mass is 284 g/mol. The quantitative estimate of drug-likeness (QED) is 0.857. The van der Waals surface area contributed by atoms with Gasteiger partial charge in [0.1, 0.15) is 5.75 Å². The van der Waals surface area contributed by atoms with Crippen molar-refractivity contribution in [2.45, 2.75) is 13.0 Å². The molecule has 1 amide bonds. The number of hydrogen-bond donors (Lipinski definition) is 2. The second-order valence-corrected chi connectivity index (χ2v) is 4.79. The Bertz CT molecular complexity index is 584. The Hall–Kier alpha value is -2.49. The lowest BCUT2D eigenvalue weighted by Crippen LogP contribution is -2.32. The Labute approximate surface area is 125 Å².